The highest BCUT2D eigenvalue weighted by molar-refractivity contribution is 6.69. The summed E-state index contributed by atoms with van der Waals surface area (Å²) in [6.45, 7) is 7.69. The maximum Gasteiger partial charge on any atom is 0.211 e. The zero-order chi connectivity index (χ0) is 9.73. The molecule has 0 amide bonds. The molecule has 1 aliphatic rings. The van der Waals surface area contributed by atoms with Crippen molar-refractivity contribution in [2.24, 2.45) is 5.92 Å². The smallest absolute Gasteiger partial charge is 0.211 e. The van der Waals surface area contributed by atoms with Gasteiger partial charge in [0.15, 0.2) is 0 Å². The monoisotopic (exact) mass is 201 g/mol. The predicted octanol–water partition coefficient (Wildman–Crippen LogP) is 2.92. The van der Waals surface area contributed by atoms with Gasteiger partial charge in [-0.2, -0.15) is 0 Å². The first kappa shape index (κ1) is 11.2. The molecule has 0 heterocycles. The van der Waals surface area contributed by atoms with Crippen molar-refractivity contribution in [3.63, 3.8) is 0 Å². The predicted molar refractivity (Wildman–Crippen MR) is 59.0 cm³/mol. The molecule has 0 saturated heterocycles. The summed E-state index contributed by atoms with van der Waals surface area (Å²) in [5.41, 5.74) is 3.16. The first-order valence-corrected chi connectivity index (χ1v) is 8.89. The third-order valence-electron chi connectivity index (χ3n) is 2.48. The van der Waals surface area contributed by atoms with Gasteiger partial charge < -0.3 is 4.53 Å². The van der Waals surface area contributed by atoms with E-state index in [-0.39, 0.29) is 0 Å². The Morgan fingerprint density at radius 2 is 1.77 bits per heavy atom. The molecule has 0 aromatic heterocycles. The second kappa shape index (κ2) is 5.13. The maximum absolute atomic E-state index is 5.62. The lowest BCUT2D eigenvalue weighted by Gasteiger charge is -2.24. The second-order valence-corrected chi connectivity index (χ2v) is 9.50. The first-order valence-electron chi connectivity index (χ1n) is 5.49. The van der Waals surface area contributed by atoms with Gasteiger partial charge in [0.1, 0.15) is 0 Å². The Bertz CT molecular complexity index is 138. The molecule has 78 valence electrons. The van der Waals surface area contributed by atoms with Crippen molar-refractivity contribution in [2.45, 2.75) is 51.7 Å². The molecule has 1 N–H and O–H groups in total. The number of hydrogen-bond acceptors (Lipinski definition) is 2. The van der Waals surface area contributed by atoms with E-state index >= 15 is 0 Å². The Morgan fingerprint density at radius 1 is 1.15 bits per heavy atom. The average molecular weight is 201 g/mol. The zero-order valence-corrected chi connectivity index (χ0v) is 10.2. The zero-order valence-electron chi connectivity index (χ0n) is 9.23. The van der Waals surface area contributed by atoms with E-state index in [1.54, 1.807) is 0 Å². The summed E-state index contributed by atoms with van der Waals surface area (Å²) >= 11 is 0. The van der Waals surface area contributed by atoms with E-state index < -0.39 is 8.32 Å². The summed E-state index contributed by atoms with van der Waals surface area (Å²) in [4.78, 5) is 0. The Balaban J connectivity index is 2.04. The van der Waals surface area contributed by atoms with Crippen LogP contribution in [0.5, 0.6) is 0 Å². The van der Waals surface area contributed by atoms with Crippen LogP contribution in [0.3, 0.4) is 0 Å². The summed E-state index contributed by atoms with van der Waals surface area (Å²) in [6, 6.07) is 0. The third-order valence-corrected chi connectivity index (χ3v) is 3.23. The molecule has 1 aliphatic carbocycles. The van der Waals surface area contributed by atoms with Crippen molar-refractivity contribution < 1.29 is 4.53 Å². The van der Waals surface area contributed by atoms with Crippen molar-refractivity contribution in [3.8, 4) is 0 Å². The lowest BCUT2D eigenvalue weighted by atomic mass is 9.89. The van der Waals surface area contributed by atoms with Crippen LogP contribution < -0.4 is 5.48 Å². The molecule has 0 radical (unpaired) electrons. The number of nitrogens with one attached hydrogen (secondary N) is 1. The van der Waals surface area contributed by atoms with E-state index in [0.717, 1.165) is 12.5 Å². The van der Waals surface area contributed by atoms with Gasteiger partial charge in [-0.15, -0.1) is 0 Å². The first-order chi connectivity index (χ1) is 6.08. The van der Waals surface area contributed by atoms with E-state index in [0.29, 0.717) is 0 Å². The molecule has 3 heteroatoms. The SMILES string of the molecule is C[Si](C)(C)ONCC1CCCCC1. The van der Waals surface area contributed by atoms with Crippen molar-refractivity contribution in [1.82, 2.24) is 5.48 Å². The van der Waals surface area contributed by atoms with E-state index in [1.165, 1.54) is 32.1 Å². The quantitative estimate of drug-likeness (QED) is 0.558. The summed E-state index contributed by atoms with van der Waals surface area (Å²) in [7, 11) is -1.35. The molecular formula is C10H23NOSi. The van der Waals surface area contributed by atoms with Crippen LogP contribution in [0.1, 0.15) is 32.1 Å². The standard InChI is InChI=1S/C10H23NOSi/c1-13(2,3)12-11-9-10-7-5-4-6-8-10/h10-11H,4-9H2,1-3H3. The Morgan fingerprint density at radius 3 is 2.31 bits per heavy atom. The molecule has 0 aromatic carbocycles. The van der Waals surface area contributed by atoms with Crippen molar-refractivity contribution in [3.05, 3.63) is 0 Å². The fraction of sp³-hybridized carbons (Fsp3) is 1.00. The summed E-state index contributed by atoms with van der Waals surface area (Å²) in [5, 5.41) is 0. The van der Waals surface area contributed by atoms with Gasteiger partial charge >= 0.3 is 0 Å². The summed E-state index contributed by atoms with van der Waals surface area (Å²) in [6.07, 6.45) is 7.05. The lowest BCUT2D eigenvalue weighted by molar-refractivity contribution is 0.156. The van der Waals surface area contributed by atoms with Gasteiger partial charge in [0.2, 0.25) is 8.32 Å². The van der Waals surface area contributed by atoms with Crippen LogP contribution in [0.25, 0.3) is 0 Å². The van der Waals surface area contributed by atoms with Crippen LogP contribution in [-0.2, 0) is 4.53 Å². The van der Waals surface area contributed by atoms with Crippen molar-refractivity contribution in [2.75, 3.05) is 6.54 Å². The summed E-state index contributed by atoms with van der Waals surface area (Å²) < 4.78 is 5.62. The van der Waals surface area contributed by atoms with Gasteiger partial charge in [0.25, 0.3) is 0 Å². The molecule has 0 atom stereocenters. The van der Waals surface area contributed by atoms with E-state index in [1.807, 2.05) is 0 Å². The molecule has 1 saturated carbocycles. The largest absolute Gasteiger partial charge is 0.346 e. The minimum Gasteiger partial charge on any atom is -0.346 e. The Kier molecular flexibility index (Phi) is 4.42. The molecule has 0 unspecified atom stereocenters. The molecule has 0 aliphatic heterocycles. The van der Waals surface area contributed by atoms with Crippen LogP contribution >= 0.6 is 0 Å². The van der Waals surface area contributed by atoms with Gasteiger partial charge in [-0.1, -0.05) is 19.3 Å². The molecule has 0 aromatic rings. The third kappa shape index (κ3) is 5.44. The second-order valence-electron chi connectivity index (χ2n) is 5.07. The van der Waals surface area contributed by atoms with Crippen molar-refractivity contribution >= 4 is 8.32 Å². The van der Waals surface area contributed by atoms with Crippen LogP contribution in [0.15, 0.2) is 0 Å². The van der Waals surface area contributed by atoms with Crippen molar-refractivity contribution in [1.29, 1.82) is 0 Å². The maximum atomic E-state index is 5.62. The van der Waals surface area contributed by atoms with Gasteiger partial charge in [-0.3, -0.25) is 0 Å². The van der Waals surface area contributed by atoms with E-state index in [4.69, 9.17) is 4.53 Å². The lowest BCUT2D eigenvalue weighted by Crippen LogP contribution is -2.36. The van der Waals surface area contributed by atoms with Gasteiger partial charge in [0, 0.05) is 6.54 Å². The highest BCUT2D eigenvalue weighted by atomic mass is 28.4. The number of rotatable bonds is 4. The molecule has 0 bridgehead atoms. The molecule has 2 nitrogen and oxygen atoms in total. The van der Waals surface area contributed by atoms with Crippen LogP contribution in [0, 0.1) is 5.92 Å². The Hall–Kier alpha value is 0.137. The molecule has 1 fully saturated rings. The Labute approximate surface area is 83.1 Å². The van der Waals surface area contributed by atoms with Gasteiger partial charge in [0.05, 0.1) is 0 Å². The number of hydrogen-bond donors (Lipinski definition) is 1. The van der Waals surface area contributed by atoms with Crippen LogP contribution in [0.2, 0.25) is 19.6 Å². The molecule has 13 heavy (non-hydrogen) atoms. The molecule has 1 rings (SSSR count). The highest BCUT2D eigenvalue weighted by Crippen LogP contribution is 2.22. The van der Waals surface area contributed by atoms with Crippen LogP contribution in [0.4, 0.5) is 0 Å². The molecule has 0 spiro atoms. The van der Waals surface area contributed by atoms with Gasteiger partial charge in [-0.25, -0.2) is 5.48 Å². The highest BCUT2D eigenvalue weighted by Gasteiger charge is 2.17. The van der Waals surface area contributed by atoms with E-state index in [2.05, 4.69) is 25.1 Å². The fourth-order valence-electron chi connectivity index (χ4n) is 1.77. The van der Waals surface area contributed by atoms with Gasteiger partial charge in [-0.05, 0) is 38.4 Å². The average Bonchev–Trinajstić information content (AvgIpc) is 2.04. The molecular weight excluding hydrogens is 178 g/mol. The normalized spacial score (nSPS) is 20.5. The minimum atomic E-state index is -1.35. The van der Waals surface area contributed by atoms with Crippen LogP contribution in [-0.4, -0.2) is 14.9 Å². The van der Waals surface area contributed by atoms with E-state index in [9.17, 15) is 0 Å². The number of hydroxylamine groups is 1. The fourth-order valence-corrected chi connectivity index (χ4v) is 2.28. The topological polar surface area (TPSA) is 21.3 Å². The summed E-state index contributed by atoms with van der Waals surface area (Å²) in [5.74, 6) is 0.866. The minimum absolute atomic E-state index is 0.866.